The van der Waals surface area contributed by atoms with Crippen LogP contribution in [0.5, 0.6) is 5.75 Å². The second kappa shape index (κ2) is 13.0. The van der Waals surface area contributed by atoms with Gasteiger partial charge in [-0.1, -0.05) is 52.3 Å². The fraction of sp³-hybridized carbons (Fsp3) is 0.375. The largest absolute Gasteiger partial charge is 0.508 e. The smallest absolute Gasteiger partial charge is 0.167 e. The van der Waals surface area contributed by atoms with Gasteiger partial charge in [0.2, 0.25) is 0 Å². The van der Waals surface area contributed by atoms with E-state index in [1.165, 1.54) is 18.2 Å². The number of hydrogen-bond donors (Lipinski definition) is 1. The predicted molar refractivity (Wildman–Crippen MR) is 156 cm³/mol. The summed E-state index contributed by atoms with van der Waals surface area (Å²) >= 11 is 3.48. The fourth-order valence-corrected chi connectivity index (χ4v) is 6.12. The molecule has 3 unspecified atom stereocenters. The van der Waals surface area contributed by atoms with Crippen LogP contribution in [-0.2, 0) is 0 Å². The third-order valence-electron chi connectivity index (χ3n) is 7.69. The van der Waals surface area contributed by atoms with E-state index in [-0.39, 0.29) is 23.1 Å². The molecule has 4 rings (SSSR count). The third kappa shape index (κ3) is 7.02. The lowest BCUT2D eigenvalue weighted by Crippen LogP contribution is -2.50. The Balaban J connectivity index is 1.79. The number of halogens is 2. The van der Waals surface area contributed by atoms with Crippen LogP contribution in [0.3, 0.4) is 0 Å². The molecule has 3 atom stereocenters. The van der Waals surface area contributed by atoms with E-state index in [1.54, 1.807) is 37.3 Å². The van der Waals surface area contributed by atoms with Crippen molar-refractivity contribution < 1.29 is 19.1 Å². The molecule has 206 valence electrons. The number of carbonyl (C=O) groups is 2. The van der Waals surface area contributed by atoms with E-state index >= 15 is 0 Å². The van der Waals surface area contributed by atoms with Crippen molar-refractivity contribution in [2.24, 2.45) is 11.8 Å². The number of benzene rings is 3. The highest BCUT2D eigenvalue weighted by molar-refractivity contribution is 9.10. The minimum absolute atomic E-state index is 0.0115. The lowest BCUT2D eigenvalue weighted by atomic mass is 9.67. The van der Waals surface area contributed by atoms with Gasteiger partial charge in [0.1, 0.15) is 11.6 Å². The van der Waals surface area contributed by atoms with Gasteiger partial charge in [-0.15, -0.1) is 0 Å². The van der Waals surface area contributed by atoms with Crippen molar-refractivity contribution in [1.29, 1.82) is 0 Å². The predicted octanol–water partition coefficient (Wildman–Crippen LogP) is 6.34. The molecule has 1 N–H and O–H groups in total. The minimum Gasteiger partial charge on any atom is -0.508 e. The van der Waals surface area contributed by atoms with Crippen LogP contribution >= 0.6 is 15.9 Å². The summed E-state index contributed by atoms with van der Waals surface area (Å²) in [5.41, 5.74) is 2.10. The summed E-state index contributed by atoms with van der Waals surface area (Å²) in [6.07, 6.45) is 1.94. The number of likely N-dealkylation sites (tertiary alicyclic amines) is 1. The van der Waals surface area contributed by atoms with Crippen LogP contribution in [0.4, 0.5) is 4.39 Å². The Kier molecular flexibility index (Phi) is 9.70. The number of aromatic hydroxyl groups is 1. The minimum atomic E-state index is -0.587. The van der Waals surface area contributed by atoms with Gasteiger partial charge in [-0.25, -0.2) is 4.39 Å². The van der Waals surface area contributed by atoms with E-state index in [0.717, 1.165) is 30.4 Å². The molecule has 5 nitrogen and oxygen atoms in total. The summed E-state index contributed by atoms with van der Waals surface area (Å²) in [5, 5.41) is 10.1. The average molecular weight is 596 g/mol. The van der Waals surface area contributed by atoms with Crippen molar-refractivity contribution in [2.45, 2.75) is 25.7 Å². The molecule has 0 aliphatic carbocycles. The van der Waals surface area contributed by atoms with Gasteiger partial charge in [0.15, 0.2) is 11.6 Å². The van der Waals surface area contributed by atoms with Crippen molar-refractivity contribution in [1.82, 2.24) is 9.80 Å². The van der Waals surface area contributed by atoms with Gasteiger partial charge < -0.3 is 14.9 Å². The van der Waals surface area contributed by atoms with E-state index < -0.39 is 17.8 Å². The van der Waals surface area contributed by atoms with Gasteiger partial charge in [-0.2, -0.15) is 0 Å². The number of phenolic OH excluding ortho intramolecular Hbond substituents is 1. The second-order valence-corrected chi connectivity index (χ2v) is 11.7. The van der Waals surface area contributed by atoms with Crippen LogP contribution in [0.15, 0.2) is 71.2 Å². The fourth-order valence-electron chi connectivity index (χ4n) is 5.72. The Labute approximate surface area is 238 Å². The van der Waals surface area contributed by atoms with Crippen molar-refractivity contribution in [3.63, 3.8) is 0 Å². The molecule has 0 amide bonds. The average Bonchev–Trinajstić information content (AvgIpc) is 2.91. The van der Waals surface area contributed by atoms with Gasteiger partial charge in [-0.3, -0.25) is 9.59 Å². The number of rotatable bonds is 10. The van der Waals surface area contributed by atoms with Gasteiger partial charge in [0.25, 0.3) is 0 Å². The molecule has 0 radical (unpaired) electrons. The zero-order valence-electron chi connectivity index (χ0n) is 22.7. The lowest BCUT2D eigenvalue weighted by Gasteiger charge is -2.43. The van der Waals surface area contributed by atoms with E-state index in [4.69, 9.17) is 0 Å². The second-order valence-electron chi connectivity index (χ2n) is 10.8. The molecule has 7 heteroatoms. The Morgan fingerprint density at radius 1 is 0.949 bits per heavy atom. The van der Waals surface area contributed by atoms with Crippen LogP contribution < -0.4 is 0 Å². The molecular weight excluding hydrogens is 559 g/mol. The number of ketones is 2. The molecule has 0 spiro atoms. The first kappa shape index (κ1) is 29.1. The highest BCUT2D eigenvalue weighted by Crippen LogP contribution is 2.42. The Hall–Kier alpha value is -2.87. The summed E-state index contributed by atoms with van der Waals surface area (Å²) in [6.45, 7) is 4.38. The Morgan fingerprint density at radius 2 is 1.56 bits per heavy atom. The Bertz CT molecular complexity index is 1260. The van der Waals surface area contributed by atoms with Gasteiger partial charge in [0.05, 0.1) is 0 Å². The number of Topliss-reactive ketones (excluding diaryl/α,β-unsaturated/α-hetero) is 2. The van der Waals surface area contributed by atoms with Crippen molar-refractivity contribution >= 4 is 27.5 Å². The first-order valence-electron chi connectivity index (χ1n) is 13.4. The summed E-state index contributed by atoms with van der Waals surface area (Å²) in [5.74, 6) is -2.20. The normalized spacial score (nSPS) is 19.8. The number of nitrogens with zero attached hydrogens (tertiary/aromatic N) is 2. The molecule has 1 saturated heterocycles. The van der Waals surface area contributed by atoms with E-state index in [2.05, 4.69) is 25.7 Å². The van der Waals surface area contributed by atoms with Crippen LogP contribution in [0.1, 0.15) is 50.6 Å². The zero-order valence-corrected chi connectivity index (χ0v) is 24.3. The van der Waals surface area contributed by atoms with Crippen molar-refractivity contribution in [3.05, 3.63) is 99.3 Å². The number of phenols is 1. The summed E-state index contributed by atoms with van der Waals surface area (Å²) in [7, 11) is 4.09. The number of carbonyl (C=O) groups excluding carboxylic acids is 2. The standard InChI is InChI=1S/C32H36BrFN2O3/c1-21-26(13-8-14-29(21)34)30-27(31(38)22-9-6-11-24(33)17-22)19-36(16-5-4-15-35(2)3)20-28(30)32(39)23-10-7-12-25(37)18-23/h6-14,17-18,27-28,30,37H,4-5,15-16,19-20H2,1-3H3. The monoisotopic (exact) mass is 594 g/mol. The van der Waals surface area contributed by atoms with Crippen LogP contribution in [0.2, 0.25) is 0 Å². The van der Waals surface area contributed by atoms with Gasteiger partial charge >= 0.3 is 0 Å². The highest BCUT2D eigenvalue weighted by atomic mass is 79.9. The molecular formula is C32H36BrFN2O3. The summed E-state index contributed by atoms with van der Waals surface area (Å²) in [4.78, 5) is 32.6. The molecule has 0 saturated carbocycles. The molecule has 39 heavy (non-hydrogen) atoms. The van der Waals surface area contributed by atoms with Gasteiger partial charge in [-0.05, 0) is 88.4 Å². The molecule has 1 aliphatic rings. The number of piperidine rings is 1. The zero-order chi connectivity index (χ0) is 28.1. The van der Waals surface area contributed by atoms with Crippen LogP contribution in [0, 0.1) is 24.6 Å². The summed E-state index contributed by atoms with van der Waals surface area (Å²) in [6, 6.07) is 18.6. The maximum atomic E-state index is 14.9. The van der Waals surface area contributed by atoms with E-state index in [9.17, 15) is 19.1 Å². The van der Waals surface area contributed by atoms with Crippen molar-refractivity contribution in [3.8, 4) is 5.75 Å². The molecule has 3 aromatic rings. The third-order valence-corrected chi connectivity index (χ3v) is 8.18. The van der Waals surface area contributed by atoms with Gasteiger partial charge in [0, 0.05) is 46.4 Å². The van der Waals surface area contributed by atoms with E-state index in [0.29, 0.717) is 35.3 Å². The number of hydrogen-bond acceptors (Lipinski definition) is 5. The Morgan fingerprint density at radius 3 is 2.18 bits per heavy atom. The van der Waals surface area contributed by atoms with Crippen LogP contribution in [0.25, 0.3) is 0 Å². The first-order chi connectivity index (χ1) is 18.7. The lowest BCUT2D eigenvalue weighted by molar-refractivity contribution is 0.0567. The quantitative estimate of drug-likeness (QED) is 0.219. The number of unbranched alkanes of at least 4 members (excludes halogenated alkanes) is 1. The highest BCUT2D eigenvalue weighted by Gasteiger charge is 2.45. The van der Waals surface area contributed by atoms with Crippen molar-refractivity contribution in [2.75, 3.05) is 40.3 Å². The molecule has 3 aromatic carbocycles. The summed E-state index contributed by atoms with van der Waals surface area (Å²) < 4.78 is 15.7. The molecule has 1 heterocycles. The maximum absolute atomic E-state index is 14.9. The molecule has 1 fully saturated rings. The molecule has 1 aliphatic heterocycles. The van der Waals surface area contributed by atoms with Crippen LogP contribution in [-0.4, -0.2) is 66.7 Å². The molecule has 0 aromatic heterocycles. The maximum Gasteiger partial charge on any atom is 0.167 e. The topological polar surface area (TPSA) is 60.9 Å². The first-order valence-corrected chi connectivity index (χ1v) is 14.2. The molecule has 0 bridgehead atoms. The van der Waals surface area contributed by atoms with E-state index in [1.807, 2.05) is 32.3 Å². The SMILES string of the molecule is Cc1c(F)cccc1C1C(C(=O)c2cccc(O)c2)CN(CCCCN(C)C)CC1C(=O)c1cccc(Br)c1.